The SMILES string of the molecule is CC(C)Cc1cnc2[nH]cc(-c3cn[nH]c3)c2c1. The highest BCUT2D eigenvalue weighted by molar-refractivity contribution is 5.93. The van der Waals surface area contributed by atoms with Gasteiger partial charge in [0.25, 0.3) is 0 Å². The van der Waals surface area contributed by atoms with Gasteiger partial charge in [0.15, 0.2) is 0 Å². The molecule has 0 aliphatic carbocycles. The van der Waals surface area contributed by atoms with Gasteiger partial charge in [-0.15, -0.1) is 0 Å². The van der Waals surface area contributed by atoms with Gasteiger partial charge in [0.1, 0.15) is 5.65 Å². The molecule has 3 aromatic rings. The highest BCUT2D eigenvalue weighted by Crippen LogP contribution is 2.27. The lowest BCUT2D eigenvalue weighted by Crippen LogP contribution is -1.94. The van der Waals surface area contributed by atoms with E-state index >= 15 is 0 Å². The van der Waals surface area contributed by atoms with Crippen LogP contribution in [0.1, 0.15) is 19.4 Å². The highest BCUT2D eigenvalue weighted by atomic mass is 15.1. The molecule has 18 heavy (non-hydrogen) atoms. The van der Waals surface area contributed by atoms with Crippen molar-refractivity contribution in [1.29, 1.82) is 0 Å². The Balaban J connectivity index is 2.11. The van der Waals surface area contributed by atoms with E-state index in [9.17, 15) is 0 Å². The molecule has 0 unspecified atom stereocenters. The van der Waals surface area contributed by atoms with Crippen LogP contribution in [-0.4, -0.2) is 20.2 Å². The predicted octanol–water partition coefficient (Wildman–Crippen LogP) is 3.15. The van der Waals surface area contributed by atoms with E-state index in [2.05, 4.69) is 40.1 Å². The van der Waals surface area contributed by atoms with E-state index in [-0.39, 0.29) is 0 Å². The van der Waals surface area contributed by atoms with Crippen molar-refractivity contribution >= 4 is 11.0 Å². The van der Waals surface area contributed by atoms with Crippen LogP contribution in [0.2, 0.25) is 0 Å². The normalized spacial score (nSPS) is 11.5. The molecule has 0 aliphatic rings. The van der Waals surface area contributed by atoms with Crippen LogP contribution in [0.3, 0.4) is 0 Å². The van der Waals surface area contributed by atoms with E-state index in [1.165, 1.54) is 5.56 Å². The molecule has 3 heterocycles. The fraction of sp³-hybridized carbons (Fsp3) is 0.286. The average Bonchev–Trinajstić information content (AvgIpc) is 2.94. The second-order valence-electron chi connectivity index (χ2n) is 5.03. The molecule has 0 atom stereocenters. The van der Waals surface area contributed by atoms with Gasteiger partial charge in [0, 0.05) is 35.1 Å². The Morgan fingerprint density at radius 1 is 1.22 bits per heavy atom. The Morgan fingerprint density at radius 2 is 2.11 bits per heavy atom. The van der Waals surface area contributed by atoms with Crippen molar-refractivity contribution < 1.29 is 0 Å². The summed E-state index contributed by atoms with van der Waals surface area (Å²) < 4.78 is 0. The third kappa shape index (κ3) is 1.90. The number of rotatable bonds is 3. The molecule has 2 N–H and O–H groups in total. The predicted molar refractivity (Wildman–Crippen MR) is 72.2 cm³/mol. The smallest absolute Gasteiger partial charge is 0.137 e. The number of fused-ring (bicyclic) bond motifs is 1. The number of hydrogen-bond acceptors (Lipinski definition) is 2. The van der Waals surface area contributed by atoms with E-state index in [0.29, 0.717) is 5.92 Å². The minimum atomic E-state index is 0.639. The lowest BCUT2D eigenvalue weighted by molar-refractivity contribution is 0.646. The lowest BCUT2D eigenvalue weighted by Gasteiger charge is -2.04. The fourth-order valence-corrected chi connectivity index (χ4v) is 2.27. The van der Waals surface area contributed by atoms with E-state index in [0.717, 1.165) is 28.6 Å². The molecule has 0 aliphatic heterocycles. The van der Waals surface area contributed by atoms with Crippen LogP contribution >= 0.6 is 0 Å². The van der Waals surface area contributed by atoms with Crippen LogP contribution in [0, 0.1) is 5.92 Å². The number of nitrogens with one attached hydrogen (secondary N) is 2. The van der Waals surface area contributed by atoms with Crippen LogP contribution in [0.4, 0.5) is 0 Å². The van der Waals surface area contributed by atoms with Gasteiger partial charge in [-0.1, -0.05) is 13.8 Å². The first-order valence-corrected chi connectivity index (χ1v) is 6.19. The van der Waals surface area contributed by atoms with Crippen LogP contribution in [0.5, 0.6) is 0 Å². The molecule has 0 fully saturated rings. The van der Waals surface area contributed by atoms with Gasteiger partial charge in [-0.2, -0.15) is 5.10 Å². The molecule has 3 rings (SSSR count). The number of pyridine rings is 1. The molecular weight excluding hydrogens is 224 g/mol. The first-order valence-electron chi connectivity index (χ1n) is 6.19. The minimum Gasteiger partial charge on any atom is -0.346 e. The maximum atomic E-state index is 4.48. The summed E-state index contributed by atoms with van der Waals surface area (Å²) in [7, 11) is 0. The second kappa shape index (κ2) is 4.29. The Morgan fingerprint density at radius 3 is 2.83 bits per heavy atom. The topological polar surface area (TPSA) is 57.4 Å². The summed E-state index contributed by atoms with van der Waals surface area (Å²) in [4.78, 5) is 7.68. The Hall–Kier alpha value is -2.10. The number of H-pyrrole nitrogens is 2. The molecule has 0 saturated carbocycles. The lowest BCUT2D eigenvalue weighted by atomic mass is 10.0. The minimum absolute atomic E-state index is 0.639. The van der Waals surface area contributed by atoms with Crippen molar-refractivity contribution in [2.24, 2.45) is 5.92 Å². The van der Waals surface area contributed by atoms with Gasteiger partial charge in [0.05, 0.1) is 6.20 Å². The van der Waals surface area contributed by atoms with Gasteiger partial charge in [-0.25, -0.2) is 4.98 Å². The van der Waals surface area contributed by atoms with Crippen LogP contribution in [-0.2, 0) is 6.42 Å². The first-order chi connectivity index (χ1) is 8.74. The van der Waals surface area contributed by atoms with Gasteiger partial charge < -0.3 is 4.98 Å². The third-order valence-electron chi connectivity index (χ3n) is 3.04. The molecule has 4 heteroatoms. The summed E-state index contributed by atoms with van der Waals surface area (Å²) in [5.41, 5.74) is 4.45. The third-order valence-corrected chi connectivity index (χ3v) is 3.04. The number of aromatic amines is 2. The molecular formula is C14H16N4. The first kappa shape index (κ1) is 11.0. The Bertz CT molecular complexity index is 650. The van der Waals surface area contributed by atoms with Crippen molar-refractivity contribution in [2.75, 3.05) is 0 Å². The zero-order valence-corrected chi connectivity index (χ0v) is 10.6. The van der Waals surface area contributed by atoms with E-state index in [1.54, 1.807) is 0 Å². The van der Waals surface area contributed by atoms with Crippen LogP contribution in [0.25, 0.3) is 22.2 Å². The molecule has 0 saturated heterocycles. The van der Waals surface area contributed by atoms with Crippen molar-refractivity contribution in [3.8, 4) is 11.1 Å². The van der Waals surface area contributed by atoms with E-state index < -0.39 is 0 Å². The summed E-state index contributed by atoms with van der Waals surface area (Å²) in [5.74, 6) is 0.639. The molecule has 3 aromatic heterocycles. The zero-order valence-electron chi connectivity index (χ0n) is 10.6. The van der Waals surface area contributed by atoms with Crippen LogP contribution in [0.15, 0.2) is 30.9 Å². The number of aromatic nitrogens is 4. The maximum Gasteiger partial charge on any atom is 0.137 e. The zero-order chi connectivity index (χ0) is 12.5. The second-order valence-corrected chi connectivity index (χ2v) is 5.03. The van der Waals surface area contributed by atoms with Gasteiger partial charge in [-0.3, -0.25) is 5.10 Å². The van der Waals surface area contributed by atoms with Crippen molar-refractivity contribution in [3.05, 3.63) is 36.4 Å². The molecule has 0 aromatic carbocycles. The fourth-order valence-electron chi connectivity index (χ4n) is 2.27. The van der Waals surface area contributed by atoms with Crippen LogP contribution < -0.4 is 0 Å². The summed E-state index contributed by atoms with van der Waals surface area (Å²) in [6.45, 7) is 4.44. The number of hydrogen-bond donors (Lipinski definition) is 2. The molecule has 0 spiro atoms. The average molecular weight is 240 g/mol. The van der Waals surface area contributed by atoms with Gasteiger partial charge in [-0.05, 0) is 24.0 Å². The number of nitrogens with zero attached hydrogens (tertiary/aromatic N) is 2. The van der Waals surface area contributed by atoms with Crippen molar-refractivity contribution in [1.82, 2.24) is 20.2 Å². The molecule has 4 nitrogen and oxygen atoms in total. The molecule has 0 radical (unpaired) electrons. The summed E-state index contributed by atoms with van der Waals surface area (Å²) in [6, 6.07) is 2.22. The van der Waals surface area contributed by atoms with Crippen molar-refractivity contribution in [3.63, 3.8) is 0 Å². The van der Waals surface area contributed by atoms with E-state index in [1.807, 2.05) is 24.8 Å². The largest absolute Gasteiger partial charge is 0.346 e. The Labute approximate surface area is 105 Å². The standard InChI is InChI=1S/C14H16N4/c1-9(2)3-10-4-12-13(11-6-17-18-7-11)8-16-14(12)15-5-10/h4-9H,3H2,1-2H3,(H,15,16)(H,17,18). The summed E-state index contributed by atoms with van der Waals surface area (Å²) >= 11 is 0. The molecule has 0 amide bonds. The summed E-state index contributed by atoms with van der Waals surface area (Å²) in [6.07, 6.45) is 8.73. The summed E-state index contributed by atoms with van der Waals surface area (Å²) in [5, 5.41) is 8.00. The van der Waals surface area contributed by atoms with Crippen molar-refractivity contribution in [2.45, 2.75) is 20.3 Å². The maximum absolute atomic E-state index is 4.48. The van der Waals surface area contributed by atoms with Gasteiger partial charge in [0.2, 0.25) is 0 Å². The van der Waals surface area contributed by atoms with E-state index in [4.69, 9.17) is 0 Å². The quantitative estimate of drug-likeness (QED) is 0.738. The van der Waals surface area contributed by atoms with Gasteiger partial charge >= 0.3 is 0 Å². The Kier molecular flexibility index (Phi) is 2.63. The molecule has 92 valence electrons. The molecule has 0 bridgehead atoms. The highest BCUT2D eigenvalue weighted by Gasteiger charge is 2.09. The monoisotopic (exact) mass is 240 g/mol.